The molecule has 0 heterocycles. The van der Waals surface area contributed by atoms with Crippen molar-refractivity contribution < 1.29 is 17.9 Å². The van der Waals surface area contributed by atoms with Gasteiger partial charge in [-0.05, 0) is 37.5 Å². The fourth-order valence-electron chi connectivity index (χ4n) is 1.94. The van der Waals surface area contributed by atoms with E-state index in [0.29, 0.717) is 32.0 Å². The number of rotatable bonds is 8. The summed E-state index contributed by atoms with van der Waals surface area (Å²) in [6.07, 6.45) is -4.26. The maximum absolute atomic E-state index is 12.1. The van der Waals surface area contributed by atoms with Crippen LogP contribution in [0.2, 0.25) is 0 Å². The van der Waals surface area contributed by atoms with Crippen molar-refractivity contribution in [3.05, 3.63) is 29.8 Å². The van der Waals surface area contributed by atoms with Gasteiger partial charge in [0.25, 0.3) is 0 Å². The van der Waals surface area contributed by atoms with Gasteiger partial charge in [-0.1, -0.05) is 12.1 Å². The van der Waals surface area contributed by atoms with E-state index in [1.807, 2.05) is 31.2 Å². The lowest BCUT2D eigenvalue weighted by molar-refractivity contribution is -0.135. The molecule has 0 aliphatic heterocycles. The van der Waals surface area contributed by atoms with Gasteiger partial charge in [-0.3, -0.25) is 0 Å². The Morgan fingerprint density at radius 2 is 2.00 bits per heavy atom. The number of benzene rings is 1. The van der Waals surface area contributed by atoms with Crippen LogP contribution in [0.3, 0.4) is 0 Å². The molecule has 0 unspecified atom stereocenters. The molecule has 0 aromatic heterocycles. The predicted octanol–water partition coefficient (Wildman–Crippen LogP) is 3.48. The van der Waals surface area contributed by atoms with Gasteiger partial charge in [-0.15, -0.1) is 0 Å². The molecule has 0 radical (unpaired) electrons. The minimum atomic E-state index is -4.08. The first kappa shape index (κ1) is 19.1. The number of guanidine groups is 1. The van der Waals surface area contributed by atoms with Gasteiger partial charge in [0.2, 0.25) is 0 Å². The molecule has 2 N–H and O–H groups in total. The van der Waals surface area contributed by atoms with Crippen LogP contribution >= 0.6 is 0 Å². The second kappa shape index (κ2) is 9.97. The molecule has 0 bridgehead atoms. The molecule has 130 valence electrons. The van der Waals surface area contributed by atoms with Crippen LogP contribution in [0.15, 0.2) is 29.3 Å². The van der Waals surface area contributed by atoms with Crippen LogP contribution in [-0.4, -0.2) is 32.3 Å². The Kier molecular flexibility index (Phi) is 8.29. The largest absolute Gasteiger partial charge is 0.497 e. The normalized spacial score (nSPS) is 12.1. The van der Waals surface area contributed by atoms with Gasteiger partial charge < -0.3 is 15.4 Å². The van der Waals surface area contributed by atoms with Crippen LogP contribution in [0.1, 0.15) is 31.7 Å². The number of nitrogens with one attached hydrogen (secondary N) is 2. The summed E-state index contributed by atoms with van der Waals surface area (Å²) in [6, 6.07) is 7.59. The van der Waals surface area contributed by atoms with E-state index in [0.717, 1.165) is 11.3 Å². The van der Waals surface area contributed by atoms with Crippen molar-refractivity contribution in [1.82, 2.24) is 10.6 Å². The Bertz CT molecular complexity index is 490. The SMILES string of the molecule is CCNC(=NCc1cccc(OC)c1)NCCCCC(F)(F)F. The molecule has 0 saturated carbocycles. The van der Waals surface area contributed by atoms with Crippen molar-refractivity contribution in [3.8, 4) is 5.75 Å². The Morgan fingerprint density at radius 1 is 1.22 bits per heavy atom. The lowest BCUT2D eigenvalue weighted by Gasteiger charge is -2.12. The third-order valence-electron chi connectivity index (χ3n) is 3.08. The van der Waals surface area contributed by atoms with Gasteiger partial charge in [-0.25, -0.2) is 4.99 Å². The minimum absolute atomic E-state index is 0.117. The molecule has 4 nitrogen and oxygen atoms in total. The average molecular weight is 331 g/mol. The van der Waals surface area contributed by atoms with Crippen LogP contribution < -0.4 is 15.4 Å². The summed E-state index contributed by atoms with van der Waals surface area (Å²) in [5.41, 5.74) is 0.999. The number of nitrogens with zero attached hydrogens (tertiary/aromatic N) is 1. The van der Waals surface area contributed by atoms with Crippen molar-refractivity contribution in [2.24, 2.45) is 4.99 Å². The minimum Gasteiger partial charge on any atom is -0.497 e. The van der Waals surface area contributed by atoms with Crippen molar-refractivity contribution in [2.75, 3.05) is 20.2 Å². The highest BCUT2D eigenvalue weighted by Gasteiger charge is 2.25. The van der Waals surface area contributed by atoms with E-state index in [1.165, 1.54) is 0 Å². The third-order valence-corrected chi connectivity index (χ3v) is 3.08. The number of hydrogen-bond donors (Lipinski definition) is 2. The molecule has 0 aliphatic rings. The number of alkyl halides is 3. The van der Waals surface area contributed by atoms with Gasteiger partial charge in [0.15, 0.2) is 5.96 Å². The molecule has 0 amide bonds. The molecule has 23 heavy (non-hydrogen) atoms. The van der Waals surface area contributed by atoms with E-state index in [9.17, 15) is 13.2 Å². The fourth-order valence-corrected chi connectivity index (χ4v) is 1.94. The first-order chi connectivity index (χ1) is 10.9. The first-order valence-corrected chi connectivity index (χ1v) is 7.66. The molecule has 1 aromatic carbocycles. The molecule has 0 atom stereocenters. The second-order valence-electron chi connectivity index (χ2n) is 5.05. The molecule has 0 spiro atoms. The van der Waals surface area contributed by atoms with Crippen LogP contribution in [-0.2, 0) is 6.54 Å². The molecule has 0 saturated heterocycles. The van der Waals surface area contributed by atoms with Crippen LogP contribution in [0, 0.1) is 0 Å². The maximum Gasteiger partial charge on any atom is 0.389 e. The number of unbranched alkanes of at least 4 members (excludes halogenated alkanes) is 1. The quantitative estimate of drug-likeness (QED) is 0.435. The van der Waals surface area contributed by atoms with E-state index in [-0.39, 0.29) is 6.42 Å². The van der Waals surface area contributed by atoms with E-state index in [2.05, 4.69) is 15.6 Å². The van der Waals surface area contributed by atoms with E-state index in [1.54, 1.807) is 7.11 Å². The maximum atomic E-state index is 12.1. The van der Waals surface area contributed by atoms with Crippen LogP contribution in [0.4, 0.5) is 13.2 Å². The van der Waals surface area contributed by atoms with Crippen molar-refractivity contribution in [3.63, 3.8) is 0 Å². The molecule has 7 heteroatoms. The zero-order valence-electron chi connectivity index (χ0n) is 13.5. The van der Waals surface area contributed by atoms with E-state index in [4.69, 9.17) is 4.74 Å². The zero-order valence-corrected chi connectivity index (χ0v) is 13.5. The van der Waals surface area contributed by atoms with Crippen molar-refractivity contribution in [1.29, 1.82) is 0 Å². The third kappa shape index (κ3) is 8.95. The molecule has 1 aromatic rings. The lowest BCUT2D eigenvalue weighted by Crippen LogP contribution is -2.37. The topological polar surface area (TPSA) is 45.7 Å². The standard InChI is InChI=1S/C16H24F3N3O/c1-3-20-15(21-10-5-4-9-16(17,18)19)22-12-13-7-6-8-14(11-13)23-2/h6-8,11H,3-5,9-10,12H2,1-2H3,(H2,20,21,22). The highest BCUT2D eigenvalue weighted by molar-refractivity contribution is 5.79. The Labute approximate surface area is 135 Å². The summed E-state index contributed by atoms with van der Waals surface area (Å²) in [7, 11) is 1.61. The number of ether oxygens (including phenoxy) is 1. The molecule has 0 aliphatic carbocycles. The Hall–Kier alpha value is -1.92. The van der Waals surface area contributed by atoms with Crippen molar-refractivity contribution in [2.45, 2.75) is 38.9 Å². The summed E-state index contributed by atoms with van der Waals surface area (Å²) in [6.45, 7) is 3.55. The summed E-state index contributed by atoms with van der Waals surface area (Å²) in [4.78, 5) is 4.42. The second-order valence-corrected chi connectivity index (χ2v) is 5.05. The average Bonchev–Trinajstić information content (AvgIpc) is 2.51. The van der Waals surface area contributed by atoms with Gasteiger partial charge >= 0.3 is 6.18 Å². The summed E-state index contributed by atoms with van der Waals surface area (Å²) in [5, 5.41) is 6.12. The highest BCUT2D eigenvalue weighted by atomic mass is 19.4. The first-order valence-electron chi connectivity index (χ1n) is 7.66. The van der Waals surface area contributed by atoms with E-state index < -0.39 is 12.6 Å². The number of halogens is 3. The zero-order chi connectivity index (χ0) is 17.1. The summed E-state index contributed by atoms with van der Waals surface area (Å²) in [5.74, 6) is 1.37. The molecule has 0 fully saturated rings. The molecule has 1 rings (SSSR count). The van der Waals surface area contributed by atoms with Crippen LogP contribution in [0.25, 0.3) is 0 Å². The monoisotopic (exact) mass is 331 g/mol. The lowest BCUT2D eigenvalue weighted by atomic mass is 10.2. The van der Waals surface area contributed by atoms with Crippen molar-refractivity contribution >= 4 is 5.96 Å². The van der Waals surface area contributed by atoms with Gasteiger partial charge in [-0.2, -0.15) is 13.2 Å². The van der Waals surface area contributed by atoms with Gasteiger partial charge in [0.1, 0.15) is 5.75 Å². The fraction of sp³-hybridized carbons (Fsp3) is 0.562. The van der Waals surface area contributed by atoms with E-state index >= 15 is 0 Å². The molecular formula is C16H24F3N3O. The van der Waals surface area contributed by atoms with Gasteiger partial charge in [0.05, 0.1) is 13.7 Å². The van der Waals surface area contributed by atoms with Crippen LogP contribution in [0.5, 0.6) is 5.75 Å². The number of hydrogen-bond acceptors (Lipinski definition) is 2. The number of aliphatic imine (C=N–C) groups is 1. The summed E-state index contributed by atoms with van der Waals surface area (Å²) >= 11 is 0. The predicted molar refractivity (Wildman–Crippen MR) is 85.7 cm³/mol. The highest BCUT2D eigenvalue weighted by Crippen LogP contribution is 2.21. The molecular weight excluding hydrogens is 307 g/mol. The number of methoxy groups -OCH3 is 1. The summed E-state index contributed by atoms with van der Waals surface area (Å²) < 4.78 is 41.4. The van der Waals surface area contributed by atoms with Gasteiger partial charge in [0, 0.05) is 19.5 Å². The Balaban J connectivity index is 2.43. The Morgan fingerprint density at radius 3 is 2.65 bits per heavy atom. The smallest absolute Gasteiger partial charge is 0.389 e.